The van der Waals surface area contributed by atoms with Crippen LogP contribution in [0.15, 0.2) is 18.2 Å². The number of anilines is 1. The highest BCUT2D eigenvalue weighted by Crippen LogP contribution is 2.21. The molecule has 5 nitrogen and oxygen atoms in total. The maximum Gasteiger partial charge on any atom is 0.255 e. The van der Waals surface area contributed by atoms with Crippen molar-refractivity contribution < 1.29 is 14.3 Å². The van der Waals surface area contributed by atoms with E-state index in [9.17, 15) is 4.79 Å². The number of benzene rings is 1. The van der Waals surface area contributed by atoms with Gasteiger partial charge in [0.05, 0.1) is 12.7 Å². The molecule has 1 rings (SSSR count). The highest BCUT2D eigenvalue weighted by atomic mass is 16.5. The second kappa shape index (κ2) is 6.75. The zero-order valence-electron chi connectivity index (χ0n) is 10.2. The summed E-state index contributed by atoms with van der Waals surface area (Å²) < 4.78 is 10.0. The molecule has 17 heavy (non-hydrogen) atoms. The molecule has 0 aliphatic heterocycles. The Bertz CT molecular complexity index is 380. The van der Waals surface area contributed by atoms with Crippen LogP contribution < -0.4 is 15.8 Å². The summed E-state index contributed by atoms with van der Waals surface area (Å²) in [6, 6.07) is 4.95. The number of amides is 1. The van der Waals surface area contributed by atoms with Crippen LogP contribution >= 0.6 is 0 Å². The minimum atomic E-state index is -0.169. The molecule has 0 saturated heterocycles. The molecule has 0 bridgehead atoms. The van der Waals surface area contributed by atoms with Gasteiger partial charge < -0.3 is 20.5 Å². The van der Waals surface area contributed by atoms with Crippen LogP contribution in [-0.4, -0.2) is 33.3 Å². The number of rotatable bonds is 6. The Morgan fingerprint density at radius 1 is 1.41 bits per heavy atom. The van der Waals surface area contributed by atoms with Crippen molar-refractivity contribution in [2.24, 2.45) is 0 Å². The third-order valence-corrected chi connectivity index (χ3v) is 2.28. The van der Waals surface area contributed by atoms with Crippen molar-refractivity contribution in [3.8, 4) is 5.75 Å². The third-order valence-electron chi connectivity index (χ3n) is 2.28. The Morgan fingerprint density at radius 2 is 2.18 bits per heavy atom. The summed E-state index contributed by atoms with van der Waals surface area (Å²) in [5, 5.41) is 2.79. The van der Waals surface area contributed by atoms with E-state index >= 15 is 0 Å². The molecule has 1 aromatic rings. The van der Waals surface area contributed by atoms with Crippen LogP contribution in [0.5, 0.6) is 5.75 Å². The zero-order valence-corrected chi connectivity index (χ0v) is 10.2. The average Bonchev–Trinajstić information content (AvgIpc) is 2.34. The van der Waals surface area contributed by atoms with Crippen molar-refractivity contribution in [1.29, 1.82) is 0 Å². The molecule has 0 atom stereocenters. The van der Waals surface area contributed by atoms with Crippen molar-refractivity contribution >= 4 is 11.6 Å². The maximum atomic E-state index is 11.8. The van der Waals surface area contributed by atoms with Crippen LogP contribution in [-0.2, 0) is 4.74 Å². The van der Waals surface area contributed by atoms with E-state index < -0.39 is 0 Å². The van der Waals surface area contributed by atoms with Gasteiger partial charge >= 0.3 is 0 Å². The molecule has 1 aromatic carbocycles. The molecule has 1 amide bonds. The SMILES string of the molecule is COCCCNC(=O)c1ccc(N)cc1OC. The fourth-order valence-corrected chi connectivity index (χ4v) is 1.41. The topological polar surface area (TPSA) is 73.6 Å². The van der Waals surface area contributed by atoms with Gasteiger partial charge in [-0.2, -0.15) is 0 Å². The molecule has 0 radical (unpaired) electrons. The number of nitrogens with two attached hydrogens (primary N) is 1. The van der Waals surface area contributed by atoms with Gasteiger partial charge in [-0.25, -0.2) is 0 Å². The standard InChI is InChI=1S/C12H18N2O3/c1-16-7-3-6-14-12(15)10-5-4-9(13)8-11(10)17-2/h4-5,8H,3,6-7,13H2,1-2H3,(H,14,15). The molecule has 0 aliphatic carbocycles. The van der Waals surface area contributed by atoms with E-state index in [4.69, 9.17) is 15.2 Å². The monoisotopic (exact) mass is 238 g/mol. The lowest BCUT2D eigenvalue weighted by Gasteiger charge is -2.09. The van der Waals surface area contributed by atoms with Crippen molar-refractivity contribution in [2.45, 2.75) is 6.42 Å². The maximum absolute atomic E-state index is 11.8. The van der Waals surface area contributed by atoms with E-state index in [2.05, 4.69) is 5.32 Å². The summed E-state index contributed by atoms with van der Waals surface area (Å²) in [4.78, 5) is 11.8. The molecule has 3 N–H and O–H groups in total. The molecule has 94 valence electrons. The van der Waals surface area contributed by atoms with Gasteiger partial charge in [0.2, 0.25) is 0 Å². The van der Waals surface area contributed by atoms with Gasteiger partial charge in [0.15, 0.2) is 0 Å². The van der Waals surface area contributed by atoms with Crippen LogP contribution in [0, 0.1) is 0 Å². The molecule has 0 heterocycles. The lowest BCUT2D eigenvalue weighted by atomic mass is 10.1. The summed E-state index contributed by atoms with van der Waals surface area (Å²) in [7, 11) is 3.14. The minimum absolute atomic E-state index is 0.169. The van der Waals surface area contributed by atoms with E-state index in [1.54, 1.807) is 25.3 Å². The third kappa shape index (κ3) is 3.96. The van der Waals surface area contributed by atoms with E-state index in [0.29, 0.717) is 30.2 Å². The first-order valence-electron chi connectivity index (χ1n) is 5.39. The van der Waals surface area contributed by atoms with Crippen molar-refractivity contribution in [3.63, 3.8) is 0 Å². The number of hydrogen-bond donors (Lipinski definition) is 2. The molecule has 5 heteroatoms. The zero-order chi connectivity index (χ0) is 12.7. The molecule has 0 unspecified atom stereocenters. The van der Waals surface area contributed by atoms with Crippen LogP contribution in [0.2, 0.25) is 0 Å². The Labute approximate surface area is 101 Å². The highest BCUT2D eigenvalue weighted by molar-refractivity contribution is 5.97. The van der Waals surface area contributed by atoms with E-state index in [-0.39, 0.29) is 5.91 Å². The van der Waals surface area contributed by atoms with Crippen LogP contribution in [0.4, 0.5) is 5.69 Å². The number of hydrogen-bond acceptors (Lipinski definition) is 4. The number of nitrogens with one attached hydrogen (secondary N) is 1. The van der Waals surface area contributed by atoms with Gasteiger partial charge in [-0.3, -0.25) is 4.79 Å². The van der Waals surface area contributed by atoms with E-state index in [1.807, 2.05) is 0 Å². The van der Waals surface area contributed by atoms with Crippen LogP contribution in [0.25, 0.3) is 0 Å². The molecule has 0 spiro atoms. The summed E-state index contributed by atoms with van der Waals surface area (Å²) >= 11 is 0. The number of ether oxygens (including phenoxy) is 2. The fourth-order valence-electron chi connectivity index (χ4n) is 1.41. The predicted octanol–water partition coefficient (Wildman–Crippen LogP) is 1.04. The average molecular weight is 238 g/mol. The lowest BCUT2D eigenvalue weighted by molar-refractivity contribution is 0.0945. The Balaban J connectivity index is 2.62. The lowest BCUT2D eigenvalue weighted by Crippen LogP contribution is -2.25. The van der Waals surface area contributed by atoms with Gasteiger partial charge in [0.25, 0.3) is 5.91 Å². The second-order valence-electron chi connectivity index (χ2n) is 3.56. The van der Waals surface area contributed by atoms with Crippen molar-refractivity contribution in [1.82, 2.24) is 5.32 Å². The molecule has 0 aliphatic rings. The quantitative estimate of drug-likeness (QED) is 0.573. The first-order chi connectivity index (χ1) is 8.19. The molecule has 0 aromatic heterocycles. The first kappa shape index (κ1) is 13.3. The van der Waals surface area contributed by atoms with Gasteiger partial charge in [0, 0.05) is 32.0 Å². The largest absolute Gasteiger partial charge is 0.496 e. The van der Waals surface area contributed by atoms with Gasteiger partial charge in [-0.1, -0.05) is 0 Å². The Hall–Kier alpha value is -1.75. The summed E-state index contributed by atoms with van der Waals surface area (Å²) in [5.41, 5.74) is 6.67. The van der Waals surface area contributed by atoms with Gasteiger partial charge in [-0.05, 0) is 18.6 Å². The van der Waals surface area contributed by atoms with E-state index in [1.165, 1.54) is 7.11 Å². The van der Waals surface area contributed by atoms with Crippen LogP contribution in [0.3, 0.4) is 0 Å². The minimum Gasteiger partial charge on any atom is -0.496 e. The Morgan fingerprint density at radius 3 is 2.82 bits per heavy atom. The molecule has 0 fully saturated rings. The second-order valence-corrected chi connectivity index (χ2v) is 3.56. The summed E-state index contributed by atoms with van der Waals surface area (Å²) in [6.07, 6.45) is 0.777. The fraction of sp³-hybridized carbons (Fsp3) is 0.417. The summed E-state index contributed by atoms with van der Waals surface area (Å²) in [5.74, 6) is 0.312. The van der Waals surface area contributed by atoms with Crippen molar-refractivity contribution in [2.75, 3.05) is 33.1 Å². The Kier molecular flexibility index (Phi) is 5.29. The smallest absolute Gasteiger partial charge is 0.255 e. The number of carbonyl (C=O) groups excluding carboxylic acids is 1. The number of methoxy groups -OCH3 is 2. The molecular formula is C12H18N2O3. The number of nitrogen functional groups attached to an aromatic ring is 1. The predicted molar refractivity (Wildman–Crippen MR) is 66.2 cm³/mol. The normalized spacial score (nSPS) is 10.0. The highest BCUT2D eigenvalue weighted by Gasteiger charge is 2.11. The molecular weight excluding hydrogens is 220 g/mol. The van der Waals surface area contributed by atoms with Crippen molar-refractivity contribution in [3.05, 3.63) is 23.8 Å². The van der Waals surface area contributed by atoms with Crippen LogP contribution in [0.1, 0.15) is 16.8 Å². The van der Waals surface area contributed by atoms with Gasteiger partial charge in [0.1, 0.15) is 5.75 Å². The van der Waals surface area contributed by atoms with Gasteiger partial charge in [-0.15, -0.1) is 0 Å². The summed E-state index contributed by atoms with van der Waals surface area (Å²) in [6.45, 7) is 1.19. The number of carbonyl (C=O) groups is 1. The van der Waals surface area contributed by atoms with E-state index in [0.717, 1.165) is 6.42 Å². The first-order valence-corrected chi connectivity index (χ1v) is 5.39. The molecule has 0 saturated carbocycles.